The van der Waals surface area contributed by atoms with Crippen molar-refractivity contribution in [2.24, 2.45) is 0 Å². The smallest absolute Gasteiger partial charge is 0.246 e. The predicted octanol–water partition coefficient (Wildman–Crippen LogP) is 4.97. The van der Waals surface area contributed by atoms with Crippen LogP contribution in [0.15, 0.2) is 42.5 Å². The first kappa shape index (κ1) is 18.8. The topological polar surface area (TPSA) is 23.6 Å². The van der Waals surface area contributed by atoms with Crippen LogP contribution >= 0.6 is 23.2 Å². The fraction of sp³-hybridized carbons (Fsp3) is 0.286. The van der Waals surface area contributed by atoms with Gasteiger partial charge in [-0.25, -0.2) is 0 Å². The minimum absolute atomic E-state index is 0.0124. The third-order valence-corrected chi connectivity index (χ3v) is 5.56. The van der Waals surface area contributed by atoms with E-state index in [1.165, 1.54) is 16.8 Å². The molecule has 0 bridgehead atoms. The Labute approximate surface area is 164 Å². The molecule has 0 unspecified atom stereocenters. The van der Waals surface area contributed by atoms with E-state index in [4.69, 9.17) is 23.2 Å². The van der Waals surface area contributed by atoms with Gasteiger partial charge in [-0.3, -0.25) is 4.79 Å². The van der Waals surface area contributed by atoms with Crippen LogP contribution in [0.5, 0.6) is 0 Å². The van der Waals surface area contributed by atoms with E-state index >= 15 is 0 Å². The number of hydrogen-bond acceptors (Lipinski definition) is 2. The molecule has 1 saturated heterocycles. The Bertz CT molecular complexity index is 820. The zero-order chi connectivity index (χ0) is 18.7. The van der Waals surface area contributed by atoms with E-state index in [0.717, 1.165) is 13.1 Å². The van der Waals surface area contributed by atoms with E-state index in [9.17, 15) is 4.79 Å². The molecule has 3 rings (SSSR count). The van der Waals surface area contributed by atoms with Crippen LogP contribution in [0.4, 0.5) is 5.69 Å². The molecule has 0 saturated carbocycles. The van der Waals surface area contributed by atoms with Crippen molar-refractivity contribution in [3.63, 3.8) is 0 Å². The van der Waals surface area contributed by atoms with Gasteiger partial charge < -0.3 is 9.80 Å². The van der Waals surface area contributed by atoms with Crippen molar-refractivity contribution in [3.05, 3.63) is 69.2 Å². The lowest BCUT2D eigenvalue weighted by Crippen LogP contribution is -2.48. The minimum atomic E-state index is -0.0124. The van der Waals surface area contributed by atoms with Crippen LogP contribution < -0.4 is 4.90 Å². The SMILES string of the molecule is Cc1cccc(N2CCN(C(=O)/C=C/c3c(Cl)cccc3Cl)CC2)c1C. The van der Waals surface area contributed by atoms with E-state index in [1.807, 2.05) is 4.90 Å². The van der Waals surface area contributed by atoms with Crippen LogP contribution in [-0.2, 0) is 4.79 Å². The van der Waals surface area contributed by atoms with Gasteiger partial charge in [-0.1, -0.05) is 41.4 Å². The number of amides is 1. The Hall–Kier alpha value is -1.97. The van der Waals surface area contributed by atoms with Gasteiger partial charge in [-0.2, -0.15) is 0 Å². The largest absolute Gasteiger partial charge is 0.368 e. The summed E-state index contributed by atoms with van der Waals surface area (Å²) in [5.41, 5.74) is 4.54. The zero-order valence-corrected chi connectivity index (χ0v) is 16.5. The summed E-state index contributed by atoms with van der Waals surface area (Å²) >= 11 is 12.3. The van der Waals surface area contributed by atoms with Gasteiger partial charge in [0.2, 0.25) is 5.91 Å². The van der Waals surface area contributed by atoms with Crippen molar-refractivity contribution >= 4 is 40.9 Å². The van der Waals surface area contributed by atoms with Gasteiger partial charge in [0, 0.05) is 53.6 Å². The third kappa shape index (κ3) is 4.05. The van der Waals surface area contributed by atoms with E-state index in [0.29, 0.717) is 28.7 Å². The molecule has 3 nitrogen and oxygen atoms in total. The normalized spacial score (nSPS) is 14.9. The molecule has 1 aliphatic rings. The van der Waals surface area contributed by atoms with Crippen LogP contribution in [-0.4, -0.2) is 37.0 Å². The fourth-order valence-electron chi connectivity index (χ4n) is 3.18. The first-order chi connectivity index (χ1) is 12.5. The third-order valence-electron chi connectivity index (χ3n) is 4.90. The maximum absolute atomic E-state index is 12.5. The first-order valence-electron chi connectivity index (χ1n) is 8.69. The van der Waals surface area contributed by atoms with Crippen molar-refractivity contribution in [1.29, 1.82) is 0 Å². The summed E-state index contributed by atoms with van der Waals surface area (Å²) in [7, 11) is 0. The molecule has 0 aliphatic carbocycles. The zero-order valence-electron chi connectivity index (χ0n) is 15.0. The van der Waals surface area contributed by atoms with Gasteiger partial charge in [-0.05, 0) is 49.2 Å². The summed E-state index contributed by atoms with van der Waals surface area (Å²) in [4.78, 5) is 16.7. The number of piperazine rings is 1. The molecule has 0 radical (unpaired) electrons. The highest BCUT2D eigenvalue weighted by Gasteiger charge is 2.21. The maximum atomic E-state index is 12.5. The standard InChI is InChI=1S/C21H22Cl2N2O/c1-15-5-3-8-20(16(15)2)24-11-13-25(14-12-24)21(26)10-9-17-18(22)6-4-7-19(17)23/h3-10H,11-14H2,1-2H3/b10-9+. The highest BCUT2D eigenvalue weighted by Crippen LogP contribution is 2.26. The quantitative estimate of drug-likeness (QED) is 0.692. The summed E-state index contributed by atoms with van der Waals surface area (Å²) in [6.45, 7) is 7.34. The molecule has 2 aromatic rings. The Morgan fingerprint density at radius 2 is 1.58 bits per heavy atom. The molecule has 26 heavy (non-hydrogen) atoms. The van der Waals surface area contributed by atoms with E-state index in [1.54, 1.807) is 30.4 Å². The molecule has 0 N–H and O–H groups in total. The number of carbonyl (C=O) groups is 1. The number of aryl methyl sites for hydroxylation is 1. The van der Waals surface area contributed by atoms with Gasteiger partial charge in [0.05, 0.1) is 0 Å². The van der Waals surface area contributed by atoms with E-state index in [2.05, 4.69) is 36.9 Å². The number of rotatable bonds is 3. The summed E-state index contributed by atoms with van der Waals surface area (Å²) in [6, 6.07) is 11.7. The maximum Gasteiger partial charge on any atom is 0.246 e. The average Bonchev–Trinajstić information content (AvgIpc) is 2.63. The molecule has 2 aromatic carbocycles. The molecular formula is C21H22Cl2N2O. The number of benzene rings is 2. The molecule has 1 heterocycles. The lowest BCUT2D eigenvalue weighted by atomic mass is 10.1. The molecule has 1 amide bonds. The van der Waals surface area contributed by atoms with Crippen molar-refractivity contribution < 1.29 is 4.79 Å². The Balaban J connectivity index is 1.64. The van der Waals surface area contributed by atoms with Gasteiger partial charge >= 0.3 is 0 Å². The summed E-state index contributed by atoms with van der Waals surface area (Å²) in [6.07, 6.45) is 3.25. The molecule has 1 fully saturated rings. The number of nitrogens with zero attached hydrogens (tertiary/aromatic N) is 2. The Morgan fingerprint density at radius 1 is 0.962 bits per heavy atom. The molecule has 0 spiro atoms. The van der Waals surface area contributed by atoms with Crippen LogP contribution in [0.3, 0.4) is 0 Å². The highest BCUT2D eigenvalue weighted by molar-refractivity contribution is 6.37. The fourth-order valence-corrected chi connectivity index (χ4v) is 3.70. The lowest BCUT2D eigenvalue weighted by Gasteiger charge is -2.36. The van der Waals surface area contributed by atoms with Crippen LogP contribution in [0, 0.1) is 13.8 Å². The van der Waals surface area contributed by atoms with Gasteiger partial charge in [-0.15, -0.1) is 0 Å². The minimum Gasteiger partial charge on any atom is -0.368 e. The number of anilines is 1. The van der Waals surface area contributed by atoms with Crippen molar-refractivity contribution in [2.75, 3.05) is 31.1 Å². The Kier molecular flexibility index (Phi) is 5.90. The van der Waals surface area contributed by atoms with Gasteiger partial charge in [0.25, 0.3) is 0 Å². The van der Waals surface area contributed by atoms with E-state index < -0.39 is 0 Å². The predicted molar refractivity (Wildman–Crippen MR) is 110 cm³/mol. The number of carbonyl (C=O) groups excluding carboxylic acids is 1. The van der Waals surface area contributed by atoms with Crippen molar-refractivity contribution in [2.45, 2.75) is 13.8 Å². The Morgan fingerprint density at radius 3 is 2.23 bits per heavy atom. The molecule has 1 aliphatic heterocycles. The van der Waals surface area contributed by atoms with Crippen LogP contribution in [0.2, 0.25) is 10.0 Å². The monoisotopic (exact) mass is 388 g/mol. The molecule has 0 aromatic heterocycles. The summed E-state index contributed by atoms with van der Waals surface area (Å²) in [5, 5.41) is 1.09. The molecule has 0 atom stereocenters. The summed E-state index contributed by atoms with van der Waals surface area (Å²) < 4.78 is 0. The van der Waals surface area contributed by atoms with Crippen LogP contribution in [0.1, 0.15) is 16.7 Å². The second-order valence-electron chi connectivity index (χ2n) is 6.50. The average molecular weight is 389 g/mol. The highest BCUT2D eigenvalue weighted by atomic mass is 35.5. The lowest BCUT2D eigenvalue weighted by molar-refractivity contribution is -0.126. The molecule has 5 heteroatoms. The second kappa shape index (κ2) is 8.15. The molecule has 136 valence electrons. The van der Waals surface area contributed by atoms with Crippen molar-refractivity contribution in [3.8, 4) is 0 Å². The van der Waals surface area contributed by atoms with Gasteiger partial charge in [0.15, 0.2) is 0 Å². The van der Waals surface area contributed by atoms with E-state index in [-0.39, 0.29) is 5.91 Å². The number of halogens is 2. The molecular weight excluding hydrogens is 367 g/mol. The summed E-state index contributed by atoms with van der Waals surface area (Å²) in [5.74, 6) is -0.0124. The number of hydrogen-bond donors (Lipinski definition) is 0. The van der Waals surface area contributed by atoms with Crippen LogP contribution in [0.25, 0.3) is 6.08 Å². The first-order valence-corrected chi connectivity index (χ1v) is 9.45. The second-order valence-corrected chi connectivity index (χ2v) is 7.31. The van der Waals surface area contributed by atoms with Gasteiger partial charge in [0.1, 0.15) is 0 Å². The van der Waals surface area contributed by atoms with Crippen molar-refractivity contribution in [1.82, 2.24) is 4.90 Å².